The summed E-state index contributed by atoms with van der Waals surface area (Å²) in [6.07, 6.45) is 1.05. The highest BCUT2D eigenvalue weighted by Crippen LogP contribution is 2.37. The Morgan fingerprint density at radius 1 is 0.974 bits per heavy atom. The molecule has 1 aliphatic rings. The van der Waals surface area contributed by atoms with Gasteiger partial charge in [0.15, 0.2) is 6.10 Å². The molecule has 5 heteroatoms. The lowest BCUT2D eigenvalue weighted by molar-refractivity contribution is -0.144. The number of hydrogen-bond donors (Lipinski definition) is 1. The lowest BCUT2D eigenvalue weighted by Crippen LogP contribution is -2.51. The van der Waals surface area contributed by atoms with Crippen LogP contribution in [0.4, 0.5) is 0 Å². The Bertz CT molecular complexity index is 1250. The topological polar surface area (TPSA) is 50.8 Å². The largest absolute Gasteiger partial charge is 0.496 e. The molecule has 3 aromatic rings. The van der Waals surface area contributed by atoms with Crippen molar-refractivity contribution in [3.63, 3.8) is 0 Å². The number of benzene rings is 3. The van der Waals surface area contributed by atoms with E-state index in [2.05, 4.69) is 64.2 Å². The molecule has 1 N–H and O–H groups in total. The third kappa shape index (κ3) is 6.65. The van der Waals surface area contributed by atoms with Gasteiger partial charge in [-0.25, -0.2) is 0 Å². The molecule has 3 unspecified atom stereocenters. The Balaban J connectivity index is 1.63. The van der Waals surface area contributed by atoms with E-state index in [4.69, 9.17) is 9.47 Å². The van der Waals surface area contributed by atoms with E-state index >= 15 is 0 Å². The quantitative estimate of drug-likeness (QED) is 0.319. The lowest BCUT2D eigenvalue weighted by Gasteiger charge is -2.35. The molecular weight excluding hydrogens is 484 g/mol. The molecule has 0 aliphatic carbocycles. The summed E-state index contributed by atoms with van der Waals surface area (Å²) in [6.45, 7) is 13.4. The van der Waals surface area contributed by atoms with Crippen LogP contribution in [0, 0.1) is 12.8 Å². The zero-order chi connectivity index (χ0) is 28.2. The Labute approximate surface area is 234 Å². The molecule has 0 bridgehead atoms. The van der Waals surface area contributed by atoms with Gasteiger partial charge < -0.3 is 14.4 Å². The van der Waals surface area contributed by atoms with Crippen LogP contribution >= 0.6 is 0 Å². The number of amides is 1. The van der Waals surface area contributed by atoms with Crippen molar-refractivity contribution in [1.29, 1.82) is 0 Å². The molecule has 3 atom stereocenters. The second-order valence-electron chi connectivity index (χ2n) is 12.0. The first-order chi connectivity index (χ1) is 18.6. The fraction of sp³-hybridized carbons (Fsp3) is 0.441. The van der Waals surface area contributed by atoms with Crippen LogP contribution in [0.25, 0.3) is 0 Å². The van der Waals surface area contributed by atoms with E-state index in [9.17, 15) is 4.79 Å². The minimum Gasteiger partial charge on any atom is -0.496 e. The van der Waals surface area contributed by atoms with Gasteiger partial charge >= 0.3 is 0 Å². The average Bonchev–Trinajstić information content (AvgIpc) is 3.34. The van der Waals surface area contributed by atoms with Crippen molar-refractivity contribution in [2.45, 2.75) is 84.7 Å². The van der Waals surface area contributed by atoms with Crippen LogP contribution in [0.2, 0.25) is 0 Å². The van der Waals surface area contributed by atoms with E-state index in [1.165, 1.54) is 5.56 Å². The minimum absolute atomic E-state index is 0.0124. The molecule has 1 amide bonds. The predicted molar refractivity (Wildman–Crippen MR) is 158 cm³/mol. The summed E-state index contributed by atoms with van der Waals surface area (Å²) in [7, 11) is 1.71. The number of aryl methyl sites for hydroxylation is 1. The number of carbonyl (C=O) groups excluding carboxylic acids is 1. The van der Waals surface area contributed by atoms with Crippen LogP contribution in [-0.4, -0.2) is 30.2 Å². The molecule has 0 aromatic heterocycles. The van der Waals surface area contributed by atoms with Crippen LogP contribution in [0.15, 0.2) is 72.8 Å². The number of nitrogens with zero attached hydrogens (tertiary/aromatic N) is 1. The molecule has 4 rings (SSSR count). The van der Waals surface area contributed by atoms with Crippen LogP contribution in [0.5, 0.6) is 11.5 Å². The standard InChI is InChI=1S/C34H44N2O3/c1-23(2)32(39-29-16-12-11-13-24(29)3)33(37)36-28(25-14-9-8-10-15-25)18-20-31(36)35-22-26-21-27(34(4,5)6)17-19-30(26)38-7/h8-17,19,21,23,28,31-32,35H,18,20,22H2,1-7H3. The molecule has 5 nitrogen and oxygen atoms in total. The monoisotopic (exact) mass is 528 g/mol. The number of methoxy groups -OCH3 is 1. The highest BCUT2D eigenvalue weighted by molar-refractivity contribution is 5.82. The Hall–Kier alpha value is -3.31. The number of para-hydroxylation sites is 1. The third-order valence-electron chi connectivity index (χ3n) is 7.69. The number of rotatable bonds is 9. The van der Waals surface area contributed by atoms with Crippen molar-refractivity contribution in [3.05, 3.63) is 95.1 Å². The van der Waals surface area contributed by atoms with E-state index < -0.39 is 6.10 Å². The van der Waals surface area contributed by atoms with Gasteiger partial charge in [0.2, 0.25) is 0 Å². The number of likely N-dealkylation sites (tertiary alicyclic amines) is 1. The van der Waals surface area contributed by atoms with Gasteiger partial charge in [-0.1, -0.05) is 95.3 Å². The van der Waals surface area contributed by atoms with Crippen LogP contribution in [0.1, 0.15) is 75.8 Å². The average molecular weight is 529 g/mol. The molecule has 0 radical (unpaired) electrons. The summed E-state index contributed by atoms with van der Waals surface area (Å²) < 4.78 is 12.1. The summed E-state index contributed by atoms with van der Waals surface area (Å²) in [4.78, 5) is 16.4. The van der Waals surface area contributed by atoms with E-state index in [0.29, 0.717) is 6.54 Å². The van der Waals surface area contributed by atoms with E-state index in [0.717, 1.165) is 41.0 Å². The van der Waals surface area contributed by atoms with Gasteiger partial charge in [-0.2, -0.15) is 0 Å². The van der Waals surface area contributed by atoms with Crippen molar-refractivity contribution in [2.24, 2.45) is 5.92 Å². The fourth-order valence-corrected chi connectivity index (χ4v) is 5.38. The minimum atomic E-state index is -0.585. The van der Waals surface area contributed by atoms with E-state index in [1.54, 1.807) is 7.11 Å². The zero-order valence-corrected chi connectivity index (χ0v) is 24.5. The predicted octanol–water partition coefficient (Wildman–Crippen LogP) is 7.18. The van der Waals surface area contributed by atoms with Gasteiger partial charge in [-0.3, -0.25) is 10.1 Å². The van der Waals surface area contributed by atoms with Crippen LogP contribution in [-0.2, 0) is 16.8 Å². The molecule has 39 heavy (non-hydrogen) atoms. The second-order valence-corrected chi connectivity index (χ2v) is 12.0. The van der Waals surface area contributed by atoms with Crippen molar-refractivity contribution >= 4 is 5.91 Å². The van der Waals surface area contributed by atoms with E-state index in [-0.39, 0.29) is 29.4 Å². The maximum atomic E-state index is 14.4. The van der Waals surface area contributed by atoms with Gasteiger partial charge in [0, 0.05) is 12.1 Å². The van der Waals surface area contributed by atoms with Gasteiger partial charge in [-0.05, 0) is 59.9 Å². The van der Waals surface area contributed by atoms with E-state index in [1.807, 2.05) is 60.4 Å². The van der Waals surface area contributed by atoms with Crippen LogP contribution in [0.3, 0.4) is 0 Å². The Kier molecular flexibility index (Phi) is 9.01. The molecule has 0 saturated carbocycles. The molecule has 3 aromatic carbocycles. The van der Waals surface area contributed by atoms with Gasteiger partial charge in [0.25, 0.3) is 5.91 Å². The summed E-state index contributed by atoms with van der Waals surface area (Å²) in [5, 5.41) is 3.72. The maximum absolute atomic E-state index is 14.4. The normalized spacial score (nSPS) is 18.3. The van der Waals surface area contributed by atoms with Crippen molar-refractivity contribution in [1.82, 2.24) is 10.2 Å². The molecule has 1 fully saturated rings. The summed E-state index contributed by atoms with van der Waals surface area (Å²) in [5.74, 6) is 1.65. The summed E-state index contributed by atoms with van der Waals surface area (Å²) in [5.41, 5.74) is 4.56. The SMILES string of the molecule is COc1ccc(C(C)(C)C)cc1CNC1CCC(c2ccccc2)N1C(=O)C(Oc1ccccc1C)C(C)C. The van der Waals surface area contributed by atoms with Crippen molar-refractivity contribution in [3.8, 4) is 11.5 Å². The number of hydrogen-bond acceptors (Lipinski definition) is 4. The molecule has 1 heterocycles. The third-order valence-corrected chi connectivity index (χ3v) is 7.69. The van der Waals surface area contributed by atoms with Crippen LogP contribution < -0.4 is 14.8 Å². The number of carbonyl (C=O) groups is 1. The lowest BCUT2D eigenvalue weighted by atomic mass is 9.86. The number of nitrogens with one attached hydrogen (secondary N) is 1. The number of ether oxygens (including phenoxy) is 2. The van der Waals surface area contributed by atoms with Crippen molar-refractivity contribution < 1.29 is 14.3 Å². The molecule has 0 spiro atoms. The Morgan fingerprint density at radius 2 is 1.67 bits per heavy atom. The van der Waals surface area contributed by atoms with Gasteiger partial charge in [0.05, 0.1) is 19.3 Å². The molecule has 208 valence electrons. The molecule has 1 aliphatic heterocycles. The van der Waals surface area contributed by atoms with Crippen molar-refractivity contribution in [2.75, 3.05) is 7.11 Å². The second kappa shape index (κ2) is 12.3. The molecule has 1 saturated heterocycles. The maximum Gasteiger partial charge on any atom is 0.265 e. The summed E-state index contributed by atoms with van der Waals surface area (Å²) in [6, 6.07) is 24.7. The highest BCUT2D eigenvalue weighted by atomic mass is 16.5. The smallest absolute Gasteiger partial charge is 0.265 e. The summed E-state index contributed by atoms with van der Waals surface area (Å²) >= 11 is 0. The zero-order valence-electron chi connectivity index (χ0n) is 24.5. The highest BCUT2D eigenvalue weighted by Gasteiger charge is 2.42. The first-order valence-electron chi connectivity index (χ1n) is 14.1. The van der Waals surface area contributed by atoms with Gasteiger partial charge in [-0.15, -0.1) is 0 Å². The Morgan fingerprint density at radius 3 is 2.31 bits per heavy atom. The first-order valence-corrected chi connectivity index (χ1v) is 14.1. The fourth-order valence-electron chi connectivity index (χ4n) is 5.38. The molecular formula is C34H44N2O3. The first kappa shape index (κ1) is 28.7. The van der Waals surface area contributed by atoms with Gasteiger partial charge in [0.1, 0.15) is 11.5 Å².